The van der Waals surface area contributed by atoms with Crippen molar-refractivity contribution in [3.8, 4) is 0 Å². The van der Waals surface area contributed by atoms with Gasteiger partial charge >= 0.3 is 8.80 Å². The Hall–Kier alpha value is -0.523. The molecule has 2 atom stereocenters. The molecule has 2 aromatic rings. The monoisotopic (exact) mass is 440 g/mol. The van der Waals surface area contributed by atoms with E-state index in [-0.39, 0.29) is 5.92 Å². The van der Waals surface area contributed by atoms with Crippen molar-refractivity contribution >= 4 is 81.6 Å². The second kappa shape index (κ2) is 7.48. The third-order valence-corrected chi connectivity index (χ3v) is 11.2. The zero-order chi connectivity index (χ0) is 19.1. The second-order valence-corrected chi connectivity index (χ2v) is 11.4. The third kappa shape index (κ3) is 2.77. The van der Waals surface area contributed by atoms with E-state index in [1.165, 1.54) is 0 Å². The number of hydrogen-bond donors (Lipinski definition) is 0. The van der Waals surface area contributed by atoms with Crippen molar-refractivity contribution in [2.45, 2.75) is 12.0 Å². The first-order valence-electron chi connectivity index (χ1n) is 7.86. The van der Waals surface area contributed by atoms with E-state index in [1.807, 2.05) is 37.6 Å². The van der Waals surface area contributed by atoms with Crippen molar-refractivity contribution in [2.75, 3.05) is 21.3 Å². The van der Waals surface area contributed by atoms with Gasteiger partial charge in [0.05, 0.1) is 10.2 Å². The summed E-state index contributed by atoms with van der Waals surface area (Å²) in [7, 11) is 1.38. The first kappa shape index (κ1) is 20.2. The second-order valence-electron chi connectivity index (χ2n) is 5.92. The van der Waals surface area contributed by atoms with Crippen LogP contribution in [0.4, 0.5) is 0 Å². The van der Waals surface area contributed by atoms with Crippen LogP contribution in [0.1, 0.15) is 11.9 Å². The van der Waals surface area contributed by atoms with Gasteiger partial charge in [0.15, 0.2) is 0 Å². The molecule has 0 spiro atoms. The average molecular weight is 441 g/mol. The number of rotatable bonds is 5. The van der Waals surface area contributed by atoms with Gasteiger partial charge in [-0.25, -0.2) is 4.98 Å². The molecule has 1 aromatic carbocycles. The molecule has 137 valence electrons. The van der Waals surface area contributed by atoms with Crippen LogP contribution in [0.3, 0.4) is 0 Å². The Morgan fingerprint density at radius 3 is 2.27 bits per heavy atom. The van der Waals surface area contributed by atoms with Crippen LogP contribution in [-0.4, -0.2) is 49.7 Å². The molecule has 3 rings (SSSR count). The lowest BCUT2D eigenvalue weighted by molar-refractivity contribution is 0.108. The van der Waals surface area contributed by atoms with Crippen LogP contribution in [0.5, 0.6) is 0 Å². The van der Waals surface area contributed by atoms with E-state index in [1.54, 1.807) is 32.7 Å². The molecule has 2 unspecified atom stereocenters. The summed E-state index contributed by atoms with van der Waals surface area (Å²) in [6.45, 7) is 1.96. The summed E-state index contributed by atoms with van der Waals surface area (Å²) in [6.07, 6.45) is 1.87. The molecule has 0 N–H and O–H groups in total. The van der Waals surface area contributed by atoms with Crippen LogP contribution in [-0.2, 0) is 18.3 Å². The zero-order valence-electron chi connectivity index (χ0n) is 14.8. The fourth-order valence-electron chi connectivity index (χ4n) is 3.32. The fraction of sp³-hybridized carbons (Fsp3) is 0.353. The molecule has 1 fully saturated rings. The van der Waals surface area contributed by atoms with E-state index >= 15 is 0 Å². The lowest BCUT2D eigenvalue weighted by Gasteiger charge is -2.46. The maximum absolute atomic E-state index is 5.91. The normalized spacial score (nSPS) is 24.5. The lowest BCUT2D eigenvalue weighted by Crippen LogP contribution is -2.69. The number of thiocarbonyl (C=S) groups is 3. The molecule has 1 saturated carbocycles. The van der Waals surface area contributed by atoms with Crippen LogP contribution < -0.4 is 0 Å². The third-order valence-electron chi connectivity index (χ3n) is 4.69. The molecule has 1 aliphatic carbocycles. The number of hydrogen-bond acceptors (Lipinski definition) is 8. The summed E-state index contributed by atoms with van der Waals surface area (Å²) >= 11 is 18.5. The highest BCUT2D eigenvalue weighted by molar-refractivity contribution is 7.90. The Morgan fingerprint density at radius 1 is 1.08 bits per heavy atom. The Bertz CT molecular complexity index is 854. The maximum Gasteiger partial charge on any atom is 0.519 e. The number of fused-ring (bicyclic) bond motifs is 1. The van der Waals surface area contributed by atoms with E-state index in [0.29, 0.717) is 14.6 Å². The molecular weight excluding hydrogens is 423 g/mol. The molecule has 4 nitrogen and oxygen atoms in total. The van der Waals surface area contributed by atoms with Gasteiger partial charge in [-0.15, -0.1) is 11.3 Å². The maximum atomic E-state index is 5.91. The smallest absolute Gasteiger partial charge is 0.376 e. The lowest BCUT2D eigenvalue weighted by atomic mass is 9.81. The van der Waals surface area contributed by atoms with E-state index in [2.05, 4.69) is 0 Å². The largest absolute Gasteiger partial charge is 0.519 e. The predicted octanol–water partition coefficient (Wildman–Crippen LogP) is 3.92. The molecule has 0 aliphatic heterocycles. The Kier molecular flexibility index (Phi) is 5.81. The quantitative estimate of drug-likeness (QED) is 0.516. The minimum Gasteiger partial charge on any atom is -0.376 e. The highest BCUT2D eigenvalue weighted by Crippen LogP contribution is 2.47. The number of para-hydroxylation sites is 1. The van der Waals surface area contributed by atoms with Gasteiger partial charge in [-0.05, 0) is 12.1 Å². The summed E-state index contributed by atoms with van der Waals surface area (Å²) < 4.78 is 18.7. The highest BCUT2D eigenvalue weighted by atomic mass is 32.1. The molecular formula is C17H18NO3S4Si. The molecule has 0 amide bonds. The first-order valence-corrected chi connectivity index (χ1v) is 11.6. The van der Waals surface area contributed by atoms with Gasteiger partial charge < -0.3 is 13.3 Å². The standard InChI is InChI=1S/C17H18NO3S4Si/c1-10-14(23)12(22)9-17(15(10)24,26(19-2,20-3)21-4)16-18-11-7-5-6-8-13(11)25-16/h5-10H,1-4H3. The topological polar surface area (TPSA) is 40.6 Å². The SMILES string of the molecule is CO[Si](OC)(OC)C1(c2nc3ccccc3s2)[CH]C(=S)C(=S)C(C)C1=S. The highest BCUT2D eigenvalue weighted by Gasteiger charge is 2.68. The molecule has 0 saturated heterocycles. The fourth-order valence-corrected chi connectivity index (χ4v) is 8.94. The van der Waals surface area contributed by atoms with Gasteiger partial charge in [0.1, 0.15) is 10.0 Å². The Labute approximate surface area is 174 Å². The summed E-state index contributed by atoms with van der Waals surface area (Å²) in [5.41, 5.74) is 0.890. The molecule has 26 heavy (non-hydrogen) atoms. The van der Waals surface area contributed by atoms with Gasteiger partial charge in [0.2, 0.25) is 0 Å². The number of nitrogens with zero attached hydrogens (tertiary/aromatic N) is 1. The number of benzene rings is 1. The van der Waals surface area contributed by atoms with Gasteiger partial charge in [-0.1, -0.05) is 55.7 Å². The summed E-state index contributed by atoms with van der Waals surface area (Å²) in [5.74, 6) is -0.183. The summed E-state index contributed by atoms with van der Waals surface area (Å²) in [4.78, 5) is 6.76. The van der Waals surface area contributed by atoms with E-state index in [9.17, 15) is 0 Å². The number of aromatic nitrogens is 1. The van der Waals surface area contributed by atoms with Crippen molar-refractivity contribution in [3.05, 3.63) is 35.7 Å². The van der Waals surface area contributed by atoms with Crippen LogP contribution in [0.25, 0.3) is 10.2 Å². The van der Waals surface area contributed by atoms with E-state index < -0.39 is 13.8 Å². The van der Waals surface area contributed by atoms with E-state index in [4.69, 9.17) is 54.9 Å². The van der Waals surface area contributed by atoms with Gasteiger partial charge in [0, 0.05) is 48.3 Å². The van der Waals surface area contributed by atoms with Crippen LogP contribution >= 0.6 is 48.0 Å². The number of thiazole rings is 1. The van der Waals surface area contributed by atoms with Crippen molar-refractivity contribution in [2.24, 2.45) is 5.92 Å². The van der Waals surface area contributed by atoms with Crippen LogP contribution in [0, 0.1) is 12.3 Å². The Balaban J connectivity index is 2.34. The van der Waals surface area contributed by atoms with Gasteiger partial charge in [-0.3, -0.25) is 0 Å². The Morgan fingerprint density at radius 2 is 1.69 bits per heavy atom. The minimum atomic E-state index is -3.34. The van der Waals surface area contributed by atoms with Crippen molar-refractivity contribution in [1.29, 1.82) is 0 Å². The van der Waals surface area contributed by atoms with Gasteiger partial charge in [-0.2, -0.15) is 0 Å². The van der Waals surface area contributed by atoms with Crippen molar-refractivity contribution in [3.63, 3.8) is 0 Å². The molecule has 1 heterocycles. The predicted molar refractivity (Wildman–Crippen MR) is 119 cm³/mol. The van der Waals surface area contributed by atoms with Crippen LogP contribution in [0.2, 0.25) is 0 Å². The average Bonchev–Trinajstić information content (AvgIpc) is 3.10. The van der Waals surface area contributed by atoms with Crippen LogP contribution in [0.15, 0.2) is 24.3 Å². The molecule has 0 bridgehead atoms. The minimum absolute atomic E-state index is 0.183. The van der Waals surface area contributed by atoms with Crippen molar-refractivity contribution in [1.82, 2.24) is 4.98 Å². The van der Waals surface area contributed by atoms with Gasteiger partial charge in [0.25, 0.3) is 0 Å². The molecule has 1 aliphatic rings. The zero-order valence-corrected chi connectivity index (χ0v) is 19.0. The molecule has 1 radical (unpaired) electrons. The summed E-state index contributed by atoms with van der Waals surface area (Å²) in [5, 5.41) is -0.194. The molecule has 1 aromatic heterocycles. The van der Waals surface area contributed by atoms with E-state index in [0.717, 1.165) is 15.2 Å². The summed E-state index contributed by atoms with van der Waals surface area (Å²) in [6, 6.07) is 7.93. The van der Waals surface area contributed by atoms with Crippen molar-refractivity contribution < 1.29 is 13.3 Å². The molecule has 9 heteroatoms. The first-order chi connectivity index (χ1) is 12.4.